The van der Waals surface area contributed by atoms with Gasteiger partial charge >= 0.3 is 0 Å². The molecule has 0 bridgehead atoms. The summed E-state index contributed by atoms with van der Waals surface area (Å²) >= 11 is 0. The van der Waals surface area contributed by atoms with Crippen molar-refractivity contribution in [3.63, 3.8) is 0 Å². The highest BCUT2D eigenvalue weighted by Crippen LogP contribution is 2.31. The number of carbonyl (C=O) groups is 1. The second-order valence-corrected chi connectivity index (χ2v) is 9.46. The summed E-state index contributed by atoms with van der Waals surface area (Å²) in [6.07, 6.45) is 5.97. The molecule has 2 aromatic heterocycles. The predicted molar refractivity (Wildman–Crippen MR) is 142 cm³/mol. The van der Waals surface area contributed by atoms with E-state index < -0.39 is 0 Å². The van der Waals surface area contributed by atoms with Crippen molar-refractivity contribution in [2.45, 2.75) is 44.2 Å². The first kappa shape index (κ1) is 22.9. The van der Waals surface area contributed by atoms with Gasteiger partial charge in [-0.2, -0.15) is 4.98 Å². The average molecular weight is 469 g/mol. The van der Waals surface area contributed by atoms with Crippen LogP contribution in [0.1, 0.15) is 31.2 Å². The van der Waals surface area contributed by atoms with E-state index in [0.29, 0.717) is 18.4 Å². The number of rotatable bonds is 7. The van der Waals surface area contributed by atoms with E-state index in [4.69, 9.17) is 0 Å². The van der Waals surface area contributed by atoms with Crippen LogP contribution in [-0.2, 0) is 11.2 Å². The number of H-pyrrole nitrogens is 1. The van der Waals surface area contributed by atoms with Crippen LogP contribution in [-0.4, -0.2) is 47.0 Å². The Morgan fingerprint density at radius 2 is 1.69 bits per heavy atom. The van der Waals surface area contributed by atoms with Gasteiger partial charge in [0.1, 0.15) is 5.82 Å². The third-order valence-electron chi connectivity index (χ3n) is 6.74. The monoisotopic (exact) mass is 468 g/mol. The smallest absolute Gasteiger partial charge is 0.224 e. The van der Waals surface area contributed by atoms with Gasteiger partial charge in [0, 0.05) is 43.3 Å². The van der Waals surface area contributed by atoms with Crippen LogP contribution in [0.25, 0.3) is 22.2 Å². The van der Waals surface area contributed by atoms with Crippen LogP contribution in [0.2, 0.25) is 0 Å². The number of anilines is 2. The second kappa shape index (κ2) is 10.2. The minimum absolute atomic E-state index is 0.0744. The second-order valence-electron chi connectivity index (χ2n) is 9.46. The maximum Gasteiger partial charge on any atom is 0.224 e. The largest absolute Gasteiger partial charge is 0.363 e. The van der Waals surface area contributed by atoms with Gasteiger partial charge in [-0.1, -0.05) is 48.5 Å². The van der Waals surface area contributed by atoms with E-state index in [1.54, 1.807) is 6.20 Å². The third-order valence-corrected chi connectivity index (χ3v) is 6.74. The van der Waals surface area contributed by atoms with Crippen LogP contribution < -0.4 is 15.5 Å². The molecule has 1 fully saturated rings. The lowest BCUT2D eigenvalue weighted by molar-refractivity contribution is -0.121. The molecule has 1 saturated carbocycles. The standard InChI is InChI=1S/C28H32N6O/c1-34(2)25-16-17-29-28(33-25)31-21-14-12-20(13-15-21)30-26(35)18-23-22-10-6-7-11-24(22)32-27(23)19-8-4-3-5-9-19/h3-11,16-17,20-21,32H,12-15,18H2,1-2H3,(H,30,35)(H,29,31,33). The van der Waals surface area contributed by atoms with Crippen LogP contribution in [0, 0.1) is 0 Å². The fourth-order valence-corrected chi connectivity index (χ4v) is 4.91. The number of benzene rings is 2. The number of nitrogens with zero attached hydrogens (tertiary/aromatic N) is 3. The Hall–Kier alpha value is -3.87. The van der Waals surface area contributed by atoms with Gasteiger partial charge in [-0.25, -0.2) is 4.98 Å². The Labute approximate surface area is 206 Å². The molecule has 0 spiro atoms. The molecule has 2 aromatic carbocycles. The third kappa shape index (κ3) is 5.29. The van der Waals surface area contributed by atoms with E-state index in [1.807, 2.05) is 55.4 Å². The summed E-state index contributed by atoms with van der Waals surface area (Å²) in [6.45, 7) is 0. The molecule has 2 heterocycles. The van der Waals surface area contributed by atoms with Gasteiger partial charge in [0.2, 0.25) is 11.9 Å². The van der Waals surface area contributed by atoms with Gasteiger partial charge < -0.3 is 20.5 Å². The molecular weight excluding hydrogens is 436 g/mol. The van der Waals surface area contributed by atoms with Crippen LogP contribution in [0.3, 0.4) is 0 Å². The molecule has 1 amide bonds. The zero-order valence-corrected chi connectivity index (χ0v) is 20.3. The molecule has 0 saturated heterocycles. The molecule has 7 nitrogen and oxygen atoms in total. The van der Waals surface area contributed by atoms with Gasteiger partial charge in [-0.3, -0.25) is 4.79 Å². The summed E-state index contributed by atoms with van der Waals surface area (Å²) < 4.78 is 0. The number of carbonyl (C=O) groups excluding carboxylic acids is 1. The van der Waals surface area contributed by atoms with E-state index in [9.17, 15) is 4.79 Å². The Morgan fingerprint density at radius 3 is 2.46 bits per heavy atom. The number of aromatic nitrogens is 3. The molecule has 180 valence electrons. The van der Waals surface area contributed by atoms with Crippen molar-refractivity contribution in [3.8, 4) is 11.3 Å². The topological polar surface area (TPSA) is 85.9 Å². The summed E-state index contributed by atoms with van der Waals surface area (Å²) in [7, 11) is 3.94. The van der Waals surface area contributed by atoms with Crippen molar-refractivity contribution in [1.82, 2.24) is 20.3 Å². The first-order chi connectivity index (χ1) is 17.1. The first-order valence-corrected chi connectivity index (χ1v) is 12.3. The molecule has 0 atom stereocenters. The van der Waals surface area contributed by atoms with E-state index >= 15 is 0 Å². The molecule has 0 unspecified atom stereocenters. The van der Waals surface area contributed by atoms with Crippen molar-refractivity contribution < 1.29 is 4.79 Å². The molecule has 1 aliphatic rings. The van der Waals surface area contributed by atoms with Crippen molar-refractivity contribution in [3.05, 3.63) is 72.4 Å². The van der Waals surface area contributed by atoms with Crippen LogP contribution in [0.5, 0.6) is 0 Å². The summed E-state index contributed by atoms with van der Waals surface area (Å²) in [4.78, 5) is 27.5. The Morgan fingerprint density at radius 1 is 0.971 bits per heavy atom. The number of fused-ring (bicyclic) bond motifs is 1. The summed E-state index contributed by atoms with van der Waals surface area (Å²) in [5.41, 5.74) is 4.23. The molecule has 1 aliphatic carbocycles. The lowest BCUT2D eigenvalue weighted by Crippen LogP contribution is -2.41. The molecule has 35 heavy (non-hydrogen) atoms. The normalized spacial score (nSPS) is 17.8. The predicted octanol–water partition coefficient (Wildman–Crippen LogP) is 4.77. The Balaban J connectivity index is 1.21. The molecule has 0 aliphatic heterocycles. The van der Waals surface area contributed by atoms with E-state index in [2.05, 4.69) is 49.9 Å². The van der Waals surface area contributed by atoms with Crippen molar-refractivity contribution in [2.75, 3.05) is 24.3 Å². The van der Waals surface area contributed by atoms with Crippen LogP contribution >= 0.6 is 0 Å². The zero-order valence-electron chi connectivity index (χ0n) is 20.3. The quantitative estimate of drug-likeness (QED) is 0.364. The highest BCUT2D eigenvalue weighted by Gasteiger charge is 2.24. The Kier molecular flexibility index (Phi) is 6.66. The number of para-hydroxylation sites is 1. The minimum Gasteiger partial charge on any atom is -0.363 e. The van der Waals surface area contributed by atoms with E-state index in [0.717, 1.165) is 59.2 Å². The fourth-order valence-electron chi connectivity index (χ4n) is 4.91. The number of hydrogen-bond acceptors (Lipinski definition) is 5. The number of nitrogens with one attached hydrogen (secondary N) is 3. The molecule has 7 heteroatoms. The van der Waals surface area contributed by atoms with Gasteiger partial charge in [0.15, 0.2) is 0 Å². The first-order valence-electron chi connectivity index (χ1n) is 12.3. The van der Waals surface area contributed by atoms with Crippen molar-refractivity contribution in [1.29, 1.82) is 0 Å². The SMILES string of the molecule is CN(C)c1ccnc(NC2CCC(NC(=O)Cc3c(-c4ccccc4)[nH]c4ccccc34)CC2)n1. The van der Waals surface area contributed by atoms with Gasteiger partial charge in [-0.15, -0.1) is 0 Å². The highest BCUT2D eigenvalue weighted by molar-refractivity contribution is 5.95. The molecular formula is C28H32N6O. The van der Waals surface area contributed by atoms with Gasteiger partial charge in [-0.05, 0) is 48.9 Å². The average Bonchev–Trinajstić information content (AvgIpc) is 3.24. The number of aromatic amines is 1. The van der Waals surface area contributed by atoms with Gasteiger partial charge in [0.05, 0.1) is 12.1 Å². The van der Waals surface area contributed by atoms with Gasteiger partial charge in [0.25, 0.3) is 0 Å². The van der Waals surface area contributed by atoms with Crippen molar-refractivity contribution in [2.24, 2.45) is 0 Å². The fraction of sp³-hybridized carbons (Fsp3) is 0.321. The summed E-state index contributed by atoms with van der Waals surface area (Å²) in [5, 5.41) is 7.86. The highest BCUT2D eigenvalue weighted by atomic mass is 16.1. The maximum absolute atomic E-state index is 13.1. The van der Waals surface area contributed by atoms with Crippen molar-refractivity contribution >= 4 is 28.6 Å². The van der Waals surface area contributed by atoms with Crippen LogP contribution in [0.4, 0.5) is 11.8 Å². The van der Waals surface area contributed by atoms with Crippen LogP contribution in [0.15, 0.2) is 66.9 Å². The summed E-state index contributed by atoms with van der Waals surface area (Å²) in [5.74, 6) is 1.62. The molecule has 0 radical (unpaired) electrons. The molecule has 4 aromatic rings. The lowest BCUT2D eigenvalue weighted by Gasteiger charge is -2.29. The number of hydrogen-bond donors (Lipinski definition) is 3. The Bertz CT molecular complexity index is 1290. The lowest BCUT2D eigenvalue weighted by atomic mass is 9.91. The van der Waals surface area contributed by atoms with E-state index in [-0.39, 0.29) is 11.9 Å². The minimum atomic E-state index is 0.0744. The zero-order chi connectivity index (χ0) is 24.2. The molecule has 5 rings (SSSR count). The maximum atomic E-state index is 13.1. The number of amides is 1. The summed E-state index contributed by atoms with van der Waals surface area (Å²) in [6, 6.07) is 20.8. The van der Waals surface area contributed by atoms with E-state index in [1.165, 1.54) is 0 Å². The molecule has 3 N–H and O–H groups in total.